The summed E-state index contributed by atoms with van der Waals surface area (Å²) < 4.78 is 0. The molecule has 2 heterocycles. The summed E-state index contributed by atoms with van der Waals surface area (Å²) in [6.45, 7) is 2.57. The standard InChI is InChI=1S/C13H21N3O2/c1-15-5-6-16(8-11(15)17)13(18)12-10-4-2-3-9(10)7-14-12/h9-10,12,14H,2-8H2,1H3. The molecule has 3 fully saturated rings. The van der Waals surface area contributed by atoms with Crippen molar-refractivity contribution in [3.63, 3.8) is 0 Å². The van der Waals surface area contributed by atoms with Gasteiger partial charge in [0.1, 0.15) is 0 Å². The molecule has 100 valence electrons. The molecule has 5 heteroatoms. The van der Waals surface area contributed by atoms with Crippen LogP contribution in [0, 0.1) is 11.8 Å². The molecule has 5 nitrogen and oxygen atoms in total. The number of carbonyl (C=O) groups is 2. The van der Waals surface area contributed by atoms with Gasteiger partial charge in [-0.15, -0.1) is 0 Å². The first kappa shape index (κ1) is 12.0. The van der Waals surface area contributed by atoms with Crippen molar-refractivity contribution in [3.8, 4) is 0 Å². The van der Waals surface area contributed by atoms with Crippen molar-refractivity contribution in [2.45, 2.75) is 25.3 Å². The Morgan fingerprint density at radius 3 is 2.94 bits per heavy atom. The van der Waals surface area contributed by atoms with E-state index in [-0.39, 0.29) is 24.4 Å². The summed E-state index contributed by atoms with van der Waals surface area (Å²) in [5.74, 6) is 1.38. The second kappa shape index (κ2) is 4.53. The van der Waals surface area contributed by atoms with Gasteiger partial charge >= 0.3 is 0 Å². The number of piperazine rings is 1. The second-order valence-electron chi connectivity index (χ2n) is 5.82. The maximum atomic E-state index is 12.5. The Morgan fingerprint density at radius 1 is 1.33 bits per heavy atom. The highest BCUT2D eigenvalue weighted by atomic mass is 16.2. The van der Waals surface area contributed by atoms with E-state index >= 15 is 0 Å². The number of nitrogens with zero attached hydrogens (tertiary/aromatic N) is 2. The SMILES string of the molecule is CN1CCN(C(=O)C2NCC3CCCC32)CC1=O. The van der Waals surface area contributed by atoms with Gasteiger partial charge < -0.3 is 15.1 Å². The third kappa shape index (κ3) is 1.90. The molecular weight excluding hydrogens is 230 g/mol. The molecule has 2 saturated heterocycles. The number of fused-ring (bicyclic) bond motifs is 1. The van der Waals surface area contributed by atoms with E-state index in [1.807, 2.05) is 0 Å². The predicted molar refractivity (Wildman–Crippen MR) is 66.8 cm³/mol. The van der Waals surface area contributed by atoms with Crippen molar-refractivity contribution in [3.05, 3.63) is 0 Å². The molecule has 1 saturated carbocycles. The Hall–Kier alpha value is -1.10. The van der Waals surface area contributed by atoms with E-state index in [4.69, 9.17) is 0 Å². The highest BCUT2D eigenvalue weighted by Crippen LogP contribution is 2.38. The van der Waals surface area contributed by atoms with Crippen molar-refractivity contribution in [2.24, 2.45) is 11.8 Å². The van der Waals surface area contributed by atoms with Crippen LogP contribution in [0.3, 0.4) is 0 Å². The predicted octanol–water partition coefficient (Wildman–Crippen LogP) is -0.325. The summed E-state index contributed by atoms with van der Waals surface area (Å²) >= 11 is 0. The molecule has 1 aliphatic carbocycles. The van der Waals surface area contributed by atoms with Gasteiger partial charge in [0.2, 0.25) is 11.8 Å². The highest BCUT2D eigenvalue weighted by Gasteiger charge is 2.44. The van der Waals surface area contributed by atoms with Crippen molar-refractivity contribution < 1.29 is 9.59 Å². The zero-order valence-corrected chi connectivity index (χ0v) is 10.9. The fourth-order valence-electron chi connectivity index (χ4n) is 3.60. The third-order valence-corrected chi connectivity index (χ3v) is 4.78. The average Bonchev–Trinajstić information content (AvgIpc) is 2.93. The van der Waals surface area contributed by atoms with Crippen molar-refractivity contribution in [1.82, 2.24) is 15.1 Å². The molecule has 0 aromatic carbocycles. The maximum absolute atomic E-state index is 12.5. The van der Waals surface area contributed by atoms with Crippen LogP contribution in [0.15, 0.2) is 0 Å². The Morgan fingerprint density at radius 2 is 2.17 bits per heavy atom. The van der Waals surface area contributed by atoms with Gasteiger partial charge in [0.05, 0.1) is 12.6 Å². The van der Waals surface area contributed by atoms with E-state index in [1.165, 1.54) is 12.8 Å². The minimum Gasteiger partial charge on any atom is -0.342 e. The van der Waals surface area contributed by atoms with Gasteiger partial charge in [-0.25, -0.2) is 0 Å². The Labute approximate surface area is 107 Å². The van der Waals surface area contributed by atoms with Gasteiger partial charge in [-0.2, -0.15) is 0 Å². The molecule has 0 aromatic heterocycles. The van der Waals surface area contributed by atoms with Crippen LogP contribution in [0.4, 0.5) is 0 Å². The molecule has 0 aromatic rings. The van der Waals surface area contributed by atoms with E-state index in [2.05, 4.69) is 5.32 Å². The van der Waals surface area contributed by atoms with Gasteiger partial charge in [-0.05, 0) is 31.2 Å². The zero-order valence-electron chi connectivity index (χ0n) is 10.9. The summed E-state index contributed by atoms with van der Waals surface area (Å²) in [6, 6.07) is -0.0336. The lowest BCUT2D eigenvalue weighted by atomic mass is 9.93. The number of amides is 2. The minimum absolute atomic E-state index is 0.0336. The van der Waals surface area contributed by atoms with Crippen LogP contribution in [-0.2, 0) is 9.59 Å². The lowest BCUT2D eigenvalue weighted by Crippen LogP contribution is -2.55. The number of nitrogens with one attached hydrogen (secondary N) is 1. The average molecular weight is 251 g/mol. The van der Waals surface area contributed by atoms with Gasteiger partial charge in [-0.1, -0.05) is 6.42 Å². The quantitative estimate of drug-likeness (QED) is 0.694. The molecule has 0 spiro atoms. The Bertz CT molecular complexity index is 371. The van der Waals surface area contributed by atoms with E-state index in [0.717, 1.165) is 13.0 Å². The summed E-state index contributed by atoms with van der Waals surface area (Å²) in [6.07, 6.45) is 3.67. The lowest BCUT2D eigenvalue weighted by molar-refractivity contribution is -0.145. The normalized spacial score (nSPS) is 36.1. The Kier molecular flexibility index (Phi) is 3.01. The van der Waals surface area contributed by atoms with Gasteiger partial charge in [0.25, 0.3) is 0 Å². The smallest absolute Gasteiger partial charge is 0.241 e. The monoisotopic (exact) mass is 251 g/mol. The molecule has 0 radical (unpaired) electrons. The minimum atomic E-state index is -0.0336. The molecule has 2 amide bonds. The number of likely N-dealkylation sites (N-methyl/N-ethyl adjacent to an activating group) is 1. The second-order valence-corrected chi connectivity index (χ2v) is 5.82. The van der Waals surface area contributed by atoms with Gasteiger partial charge in [0, 0.05) is 20.1 Å². The molecule has 3 atom stereocenters. The van der Waals surface area contributed by atoms with Crippen LogP contribution >= 0.6 is 0 Å². The van der Waals surface area contributed by atoms with Crippen LogP contribution in [0.25, 0.3) is 0 Å². The number of rotatable bonds is 1. The third-order valence-electron chi connectivity index (χ3n) is 4.78. The van der Waals surface area contributed by atoms with E-state index in [1.54, 1.807) is 16.8 Å². The van der Waals surface area contributed by atoms with Crippen LogP contribution < -0.4 is 5.32 Å². The van der Waals surface area contributed by atoms with Crippen molar-refractivity contribution in [2.75, 3.05) is 33.2 Å². The largest absolute Gasteiger partial charge is 0.342 e. The van der Waals surface area contributed by atoms with Crippen LogP contribution in [0.2, 0.25) is 0 Å². The maximum Gasteiger partial charge on any atom is 0.241 e. The van der Waals surface area contributed by atoms with E-state index in [9.17, 15) is 9.59 Å². The van der Waals surface area contributed by atoms with Crippen LogP contribution in [0.5, 0.6) is 0 Å². The van der Waals surface area contributed by atoms with Crippen LogP contribution in [0.1, 0.15) is 19.3 Å². The van der Waals surface area contributed by atoms with Crippen molar-refractivity contribution >= 4 is 11.8 Å². The summed E-state index contributed by atoms with van der Waals surface area (Å²) in [5.41, 5.74) is 0. The fourth-order valence-corrected chi connectivity index (χ4v) is 3.60. The van der Waals surface area contributed by atoms with Crippen molar-refractivity contribution in [1.29, 1.82) is 0 Å². The molecule has 18 heavy (non-hydrogen) atoms. The first-order valence-electron chi connectivity index (χ1n) is 6.93. The molecule has 3 rings (SSSR count). The number of carbonyl (C=O) groups excluding carboxylic acids is 2. The van der Waals surface area contributed by atoms with E-state index in [0.29, 0.717) is 24.9 Å². The number of hydrogen-bond acceptors (Lipinski definition) is 3. The molecule has 2 aliphatic heterocycles. The van der Waals surface area contributed by atoms with Gasteiger partial charge in [-0.3, -0.25) is 9.59 Å². The Balaban J connectivity index is 1.66. The van der Waals surface area contributed by atoms with E-state index < -0.39 is 0 Å². The van der Waals surface area contributed by atoms with Gasteiger partial charge in [0.15, 0.2) is 0 Å². The summed E-state index contributed by atoms with van der Waals surface area (Å²) in [5, 5.41) is 3.37. The topological polar surface area (TPSA) is 52.6 Å². The first-order chi connectivity index (χ1) is 8.66. The molecule has 3 aliphatic rings. The molecule has 1 N–H and O–H groups in total. The lowest BCUT2D eigenvalue weighted by Gasteiger charge is -2.34. The zero-order chi connectivity index (χ0) is 12.7. The highest BCUT2D eigenvalue weighted by molar-refractivity contribution is 5.89. The molecular formula is C13H21N3O2. The molecule has 0 bridgehead atoms. The summed E-state index contributed by atoms with van der Waals surface area (Å²) in [4.78, 5) is 27.6. The summed E-state index contributed by atoms with van der Waals surface area (Å²) in [7, 11) is 1.80. The fraction of sp³-hybridized carbons (Fsp3) is 0.846. The number of hydrogen-bond donors (Lipinski definition) is 1. The first-order valence-corrected chi connectivity index (χ1v) is 6.93. The molecule has 3 unspecified atom stereocenters. The van der Waals surface area contributed by atoms with Crippen LogP contribution in [-0.4, -0.2) is 60.9 Å².